The first-order valence-corrected chi connectivity index (χ1v) is 14.6. The topological polar surface area (TPSA) is 114 Å². The molecule has 4 aromatic heterocycles. The van der Waals surface area contributed by atoms with Crippen molar-refractivity contribution in [3.05, 3.63) is 71.6 Å². The lowest BCUT2D eigenvalue weighted by Crippen LogP contribution is -2.38. The zero-order valence-corrected chi connectivity index (χ0v) is 23.2. The van der Waals surface area contributed by atoms with E-state index < -0.39 is 18.0 Å². The molecular formula is C27H25F3N10OS. The number of hydrogen-bond donors (Lipinski definition) is 1. The number of nitrogens with zero attached hydrogens (tertiary/aromatic N) is 9. The number of aromatic nitrogens is 8. The number of alkyl halides is 3. The van der Waals surface area contributed by atoms with E-state index in [1.807, 2.05) is 30.3 Å². The lowest BCUT2D eigenvalue weighted by atomic mass is 9.93. The molecule has 1 fully saturated rings. The molecule has 1 N–H and O–H groups in total. The zero-order valence-electron chi connectivity index (χ0n) is 22.4. The number of anilines is 2. The predicted octanol–water partition coefficient (Wildman–Crippen LogP) is 4.06. The Labute approximate surface area is 242 Å². The van der Waals surface area contributed by atoms with Gasteiger partial charge in [0.2, 0.25) is 11.8 Å². The van der Waals surface area contributed by atoms with Crippen molar-refractivity contribution < 1.29 is 17.9 Å². The average molecular weight is 595 g/mol. The molecule has 1 atom stereocenters. The lowest BCUT2D eigenvalue weighted by molar-refractivity contribution is -0.145. The Bertz CT molecular complexity index is 1720. The van der Waals surface area contributed by atoms with Crippen molar-refractivity contribution in [3.63, 3.8) is 0 Å². The van der Waals surface area contributed by atoms with Crippen molar-refractivity contribution in [1.82, 2.24) is 39.9 Å². The third-order valence-corrected chi connectivity index (χ3v) is 8.03. The average Bonchev–Trinajstić information content (AvgIpc) is 3.69. The van der Waals surface area contributed by atoms with Gasteiger partial charge in [0.25, 0.3) is 0 Å². The van der Waals surface area contributed by atoms with Gasteiger partial charge < -0.3 is 19.5 Å². The van der Waals surface area contributed by atoms with E-state index in [2.05, 4.69) is 35.0 Å². The van der Waals surface area contributed by atoms with Gasteiger partial charge in [0.15, 0.2) is 5.16 Å². The Hall–Kier alpha value is -4.24. The quantitative estimate of drug-likeness (QED) is 0.299. The highest BCUT2D eigenvalue weighted by molar-refractivity contribution is 7.98. The van der Waals surface area contributed by atoms with E-state index in [0.717, 1.165) is 64.1 Å². The van der Waals surface area contributed by atoms with E-state index in [9.17, 15) is 13.2 Å². The second-order valence-corrected chi connectivity index (χ2v) is 10.7. The number of hydrogen-bond acceptors (Lipinski definition) is 10. The van der Waals surface area contributed by atoms with Crippen LogP contribution in [0.25, 0.3) is 16.6 Å². The first-order chi connectivity index (χ1) is 20.4. The number of ether oxygens (including phenoxy) is 1. The molecule has 1 aromatic carbocycles. The molecule has 0 unspecified atom stereocenters. The molecule has 2 aliphatic rings. The normalized spacial score (nSPS) is 17.6. The molecule has 1 saturated heterocycles. The van der Waals surface area contributed by atoms with Crippen LogP contribution in [0, 0.1) is 0 Å². The maximum atomic E-state index is 13.8. The van der Waals surface area contributed by atoms with Crippen LogP contribution < -0.4 is 9.80 Å². The van der Waals surface area contributed by atoms with Crippen molar-refractivity contribution in [1.29, 1.82) is 0 Å². The summed E-state index contributed by atoms with van der Waals surface area (Å²) in [7, 11) is 0. The van der Waals surface area contributed by atoms with Crippen LogP contribution in [-0.2, 0) is 17.3 Å². The standard InChI is InChI=1S/C27H25F3N10OS/c1-42-26-36-24(27(28,29)30)35-25(37-26)39-9-6-18-19-14-17(40-32-7-8-33-40)3-4-20(19)34-22(18)23(39)16-2-5-21(31-15-16)38-10-12-41-13-11-38/h2-5,7-8,14-15,23,34H,6,9-13H2,1H3/t23-/m0/s1. The van der Waals surface area contributed by atoms with E-state index in [0.29, 0.717) is 26.2 Å². The van der Waals surface area contributed by atoms with Gasteiger partial charge in [-0.15, -0.1) is 0 Å². The monoisotopic (exact) mass is 594 g/mol. The molecule has 42 heavy (non-hydrogen) atoms. The fourth-order valence-electron chi connectivity index (χ4n) is 5.54. The van der Waals surface area contributed by atoms with Gasteiger partial charge in [-0.05, 0) is 48.1 Å². The van der Waals surface area contributed by atoms with Crippen LogP contribution >= 0.6 is 11.8 Å². The summed E-state index contributed by atoms with van der Waals surface area (Å²) in [5.74, 6) is -0.424. The number of thioether (sulfide) groups is 1. The van der Waals surface area contributed by atoms with Crippen LogP contribution in [0.15, 0.2) is 54.1 Å². The van der Waals surface area contributed by atoms with Crippen molar-refractivity contribution in [2.24, 2.45) is 0 Å². The van der Waals surface area contributed by atoms with E-state index in [4.69, 9.17) is 9.72 Å². The third kappa shape index (κ3) is 4.81. The number of fused-ring (bicyclic) bond motifs is 3. The van der Waals surface area contributed by atoms with E-state index >= 15 is 0 Å². The van der Waals surface area contributed by atoms with Crippen LogP contribution in [0.1, 0.15) is 28.7 Å². The number of rotatable bonds is 5. The minimum atomic E-state index is -4.71. The van der Waals surface area contributed by atoms with Gasteiger partial charge in [0.05, 0.1) is 37.3 Å². The van der Waals surface area contributed by atoms with Crippen LogP contribution in [0.5, 0.6) is 0 Å². The minimum Gasteiger partial charge on any atom is -0.378 e. The summed E-state index contributed by atoms with van der Waals surface area (Å²) in [4.78, 5) is 25.7. The largest absolute Gasteiger partial charge is 0.451 e. The van der Waals surface area contributed by atoms with Gasteiger partial charge in [-0.2, -0.15) is 43.1 Å². The molecule has 11 nitrogen and oxygen atoms in total. The Morgan fingerprint density at radius 1 is 1.00 bits per heavy atom. The van der Waals surface area contributed by atoms with Crippen molar-refractivity contribution >= 4 is 34.4 Å². The second-order valence-electron chi connectivity index (χ2n) is 9.90. The molecule has 15 heteroatoms. The number of pyridine rings is 1. The molecule has 0 saturated carbocycles. The summed E-state index contributed by atoms with van der Waals surface area (Å²) in [6.07, 6.45) is 2.50. The lowest BCUT2D eigenvalue weighted by Gasteiger charge is -2.36. The first-order valence-electron chi connectivity index (χ1n) is 13.3. The number of halogens is 3. The van der Waals surface area contributed by atoms with Crippen molar-refractivity contribution in [2.75, 3.05) is 48.9 Å². The number of benzene rings is 1. The summed E-state index contributed by atoms with van der Waals surface area (Å²) < 4.78 is 46.9. The molecule has 216 valence electrons. The molecule has 0 amide bonds. The van der Waals surface area contributed by atoms with Gasteiger partial charge in [0, 0.05) is 42.4 Å². The number of nitrogens with one attached hydrogen (secondary N) is 1. The summed E-state index contributed by atoms with van der Waals surface area (Å²) in [6, 6.07) is 9.30. The first kappa shape index (κ1) is 26.6. The highest BCUT2D eigenvalue weighted by Crippen LogP contribution is 2.41. The van der Waals surface area contributed by atoms with E-state index in [-0.39, 0.29) is 11.1 Å². The second kappa shape index (κ2) is 10.5. The molecule has 2 aliphatic heterocycles. The molecule has 0 aliphatic carbocycles. The highest BCUT2D eigenvalue weighted by Gasteiger charge is 2.39. The Kier molecular flexibility index (Phi) is 6.69. The van der Waals surface area contributed by atoms with Crippen LogP contribution in [0.3, 0.4) is 0 Å². The van der Waals surface area contributed by atoms with E-state index in [1.165, 1.54) is 0 Å². The SMILES string of the molecule is CSc1nc(N2CCc3c([nH]c4ccc(-n5nccn5)cc34)[C@@H]2c2ccc(N3CCOCC3)nc2)nc(C(F)(F)F)n1. The predicted molar refractivity (Wildman–Crippen MR) is 150 cm³/mol. The minimum absolute atomic E-state index is 0.00525. The van der Waals surface area contributed by atoms with Gasteiger partial charge in [-0.1, -0.05) is 17.8 Å². The van der Waals surface area contributed by atoms with Gasteiger partial charge >= 0.3 is 6.18 Å². The number of aromatic amines is 1. The highest BCUT2D eigenvalue weighted by atomic mass is 32.2. The van der Waals surface area contributed by atoms with Crippen LogP contribution in [-0.4, -0.2) is 79.0 Å². The Balaban J connectivity index is 1.36. The smallest absolute Gasteiger partial charge is 0.378 e. The molecule has 0 bridgehead atoms. The molecule has 0 spiro atoms. The summed E-state index contributed by atoms with van der Waals surface area (Å²) in [5, 5.41) is 9.50. The summed E-state index contributed by atoms with van der Waals surface area (Å²) in [5.41, 5.74) is 4.42. The Morgan fingerprint density at radius 2 is 1.81 bits per heavy atom. The molecular weight excluding hydrogens is 569 g/mol. The van der Waals surface area contributed by atoms with Crippen molar-refractivity contribution in [2.45, 2.75) is 23.8 Å². The van der Waals surface area contributed by atoms with E-state index in [1.54, 1.807) is 34.5 Å². The fourth-order valence-corrected chi connectivity index (χ4v) is 5.89. The summed E-state index contributed by atoms with van der Waals surface area (Å²) >= 11 is 1.04. The van der Waals surface area contributed by atoms with Crippen LogP contribution in [0.4, 0.5) is 24.9 Å². The maximum Gasteiger partial charge on any atom is 0.451 e. The molecule has 7 rings (SSSR count). The molecule has 0 radical (unpaired) electrons. The van der Waals surface area contributed by atoms with Crippen molar-refractivity contribution in [3.8, 4) is 5.69 Å². The fraction of sp³-hybridized carbons (Fsp3) is 0.333. The zero-order chi connectivity index (χ0) is 28.8. The Morgan fingerprint density at radius 3 is 2.52 bits per heavy atom. The van der Waals surface area contributed by atoms with Gasteiger partial charge in [-0.3, -0.25) is 0 Å². The van der Waals surface area contributed by atoms with Gasteiger partial charge in [0.1, 0.15) is 5.82 Å². The maximum absolute atomic E-state index is 13.8. The van der Waals surface area contributed by atoms with Crippen LogP contribution in [0.2, 0.25) is 0 Å². The number of morpholine rings is 1. The van der Waals surface area contributed by atoms with Gasteiger partial charge in [-0.25, -0.2) is 4.98 Å². The number of H-pyrrole nitrogens is 1. The molecule has 6 heterocycles. The molecule has 5 aromatic rings. The third-order valence-electron chi connectivity index (χ3n) is 7.48. The summed E-state index contributed by atoms with van der Waals surface area (Å²) in [6.45, 7) is 3.13.